The number of carbonyl (C=O) groups excluding carboxylic acids is 1. The number of aryl methyl sites for hydroxylation is 2. The Morgan fingerprint density at radius 1 is 1.22 bits per heavy atom. The second-order valence-electron chi connectivity index (χ2n) is 6.93. The maximum absolute atomic E-state index is 12.9. The largest absolute Gasteiger partial charge is 0.416 e. The van der Waals surface area contributed by atoms with Crippen molar-refractivity contribution in [3.63, 3.8) is 0 Å². The van der Waals surface area contributed by atoms with Crippen molar-refractivity contribution in [2.45, 2.75) is 12.7 Å². The maximum atomic E-state index is 12.9. The third-order valence-electron chi connectivity index (χ3n) is 4.74. The number of nitrogens with one attached hydrogen (secondary N) is 1. The molecule has 3 heterocycles. The Morgan fingerprint density at radius 2 is 1.97 bits per heavy atom. The molecule has 0 fully saturated rings. The van der Waals surface area contributed by atoms with E-state index in [9.17, 15) is 27.6 Å². The summed E-state index contributed by atoms with van der Waals surface area (Å²) in [5, 5.41) is 4.09. The first-order valence-corrected chi connectivity index (χ1v) is 9.98. The van der Waals surface area contributed by atoms with Crippen LogP contribution in [0.15, 0.2) is 45.6 Å². The molecule has 1 aromatic carbocycles. The van der Waals surface area contributed by atoms with E-state index >= 15 is 0 Å². The highest BCUT2D eigenvalue weighted by atomic mass is 32.1. The van der Waals surface area contributed by atoms with Crippen LogP contribution in [0, 0.1) is 0 Å². The van der Waals surface area contributed by atoms with Crippen LogP contribution in [0.25, 0.3) is 22.4 Å². The van der Waals surface area contributed by atoms with E-state index in [-0.39, 0.29) is 27.6 Å². The molecule has 0 saturated carbocycles. The number of halogens is 3. The number of alkyl halides is 3. The molecule has 0 atom stereocenters. The van der Waals surface area contributed by atoms with E-state index in [1.807, 2.05) is 0 Å². The standard InChI is InChI=1S/C19H15F3N6O3S/c1-26-9-23-15-14(26)16(30)28(18(31)27(15)2)7-13(29)25-17-24-12(8-32-17)10-4-3-5-11(6-10)19(20,21)22/h3-6,8-9H,7H2,1-2H3,(H,24,25,29). The van der Waals surface area contributed by atoms with Gasteiger partial charge in [-0.1, -0.05) is 12.1 Å². The molecule has 9 nitrogen and oxygen atoms in total. The summed E-state index contributed by atoms with van der Waals surface area (Å²) >= 11 is 1.01. The first-order valence-electron chi connectivity index (χ1n) is 9.10. The molecule has 166 valence electrons. The first-order chi connectivity index (χ1) is 15.1. The van der Waals surface area contributed by atoms with Crippen molar-refractivity contribution < 1.29 is 18.0 Å². The molecule has 4 aromatic rings. The first kappa shape index (κ1) is 21.5. The lowest BCUT2D eigenvalue weighted by atomic mass is 10.1. The minimum Gasteiger partial charge on any atom is -0.328 e. The third kappa shape index (κ3) is 3.82. The van der Waals surface area contributed by atoms with E-state index in [0.717, 1.165) is 28.0 Å². The van der Waals surface area contributed by atoms with E-state index < -0.39 is 35.4 Å². The molecular weight excluding hydrogens is 449 g/mol. The monoisotopic (exact) mass is 464 g/mol. The Balaban J connectivity index is 1.57. The van der Waals surface area contributed by atoms with Gasteiger partial charge in [-0.05, 0) is 12.1 Å². The minimum atomic E-state index is -4.49. The van der Waals surface area contributed by atoms with E-state index in [1.165, 1.54) is 40.0 Å². The van der Waals surface area contributed by atoms with Crippen LogP contribution in [0.4, 0.5) is 18.3 Å². The normalized spacial score (nSPS) is 11.8. The Bertz CT molecular complexity index is 1460. The topological polar surface area (TPSA) is 104 Å². The molecular formula is C19H15F3N6O3S. The molecule has 3 aromatic heterocycles. The van der Waals surface area contributed by atoms with Crippen molar-refractivity contribution in [3.05, 3.63) is 62.4 Å². The van der Waals surface area contributed by atoms with Crippen LogP contribution in [-0.4, -0.2) is 29.6 Å². The summed E-state index contributed by atoms with van der Waals surface area (Å²) in [7, 11) is 3.03. The molecule has 1 N–H and O–H groups in total. The third-order valence-corrected chi connectivity index (χ3v) is 5.50. The summed E-state index contributed by atoms with van der Waals surface area (Å²) in [5.41, 5.74) is -1.33. The molecule has 0 unspecified atom stereocenters. The number of amides is 1. The molecule has 0 radical (unpaired) electrons. The summed E-state index contributed by atoms with van der Waals surface area (Å²) in [6.45, 7) is -0.564. The second-order valence-corrected chi connectivity index (χ2v) is 7.78. The molecule has 4 rings (SSSR count). The van der Waals surface area contributed by atoms with Crippen LogP contribution in [-0.2, 0) is 31.6 Å². The Kier molecular flexibility index (Phi) is 5.20. The lowest BCUT2D eigenvalue weighted by Crippen LogP contribution is -2.42. The van der Waals surface area contributed by atoms with Gasteiger partial charge in [-0.15, -0.1) is 11.3 Å². The molecule has 1 amide bonds. The molecule has 0 aliphatic carbocycles. The number of hydrogen-bond donors (Lipinski definition) is 1. The Morgan fingerprint density at radius 3 is 2.69 bits per heavy atom. The number of fused-ring (bicyclic) bond motifs is 1. The van der Waals surface area contributed by atoms with Crippen LogP contribution in [0.5, 0.6) is 0 Å². The highest BCUT2D eigenvalue weighted by molar-refractivity contribution is 7.14. The van der Waals surface area contributed by atoms with Crippen molar-refractivity contribution in [3.8, 4) is 11.3 Å². The van der Waals surface area contributed by atoms with E-state index in [2.05, 4.69) is 15.3 Å². The van der Waals surface area contributed by atoms with Gasteiger partial charge in [0.2, 0.25) is 5.91 Å². The maximum Gasteiger partial charge on any atom is 0.416 e. The van der Waals surface area contributed by atoms with Crippen LogP contribution < -0.4 is 16.6 Å². The molecule has 0 aliphatic heterocycles. The van der Waals surface area contributed by atoms with Crippen LogP contribution >= 0.6 is 11.3 Å². The van der Waals surface area contributed by atoms with Crippen molar-refractivity contribution in [1.29, 1.82) is 0 Å². The van der Waals surface area contributed by atoms with Crippen LogP contribution in [0.1, 0.15) is 5.56 Å². The predicted molar refractivity (Wildman–Crippen MR) is 111 cm³/mol. The van der Waals surface area contributed by atoms with Gasteiger partial charge in [0.25, 0.3) is 5.56 Å². The second kappa shape index (κ2) is 7.75. The Labute approximate surface area is 181 Å². The SMILES string of the molecule is Cn1cnc2c1c(=O)n(CC(=O)Nc1nc(-c3cccc(C(F)(F)F)c3)cs1)c(=O)n2C. The summed E-state index contributed by atoms with van der Waals surface area (Å²) in [4.78, 5) is 45.8. The smallest absolute Gasteiger partial charge is 0.328 e. The molecule has 0 bridgehead atoms. The Hall–Kier alpha value is -3.74. The summed E-state index contributed by atoms with van der Waals surface area (Å²) in [5.74, 6) is -0.685. The van der Waals surface area contributed by atoms with E-state index in [1.54, 1.807) is 7.05 Å². The summed E-state index contributed by atoms with van der Waals surface area (Å²) in [6.07, 6.45) is -3.10. The minimum absolute atomic E-state index is 0.119. The molecule has 13 heteroatoms. The van der Waals surface area contributed by atoms with Gasteiger partial charge in [0, 0.05) is 25.0 Å². The van der Waals surface area contributed by atoms with Crippen molar-refractivity contribution in [1.82, 2.24) is 23.7 Å². The molecule has 32 heavy (non-hydrogen) atoms. The van der Waals surface area contributed by atoms with Gasteiger partial charge in [-0.2, -0.15) is 13.2 Å². The van der Waals surface area contributed by atoms with Gasteiger partial charge in [-0.25, -0.2) is 19.3 Å². The van der Waals surface area contributed by atoms with Crippen LogP contribution in [0.3, 0.4) is 0 Å². The molecule has 0 saturated heterocycles. The average molecular weight is 464 g/mol. The number of anilines is 1. The zero-order chi connectivity index (χ0) is 23.2. The zero-order valence-electron chi connectivity index (χ0n) is 16.7. The highest BCUT2D eigenvalue weighted by Crippen LogP contribution is 2.33. The summed E-state index contributed by atoms with van der Waals surface area (Å²) in [6, 6.07) is 4.66. The van der Waals surface area contributed by atoms with E-state index in [4.69, 9.17) is 0 Å². The van der Waals surface area contributed by atoms with Crippen LogP contribution in [0.2, 0.25) is 0 Å². The average Bonchev–Trinajstić information content (AvgIpc) is 3.36. The van der Waals surface area contributed by atoms with Crippen molar-refractivity contribution in [2.75, 3.05) is 5.32 Å². The highest BCUT2D eigenvalue weighted by Gasteiger charge is 2.30. The number of hydrogen-bond acceptors (Lipinski definition) is 6. The van der Waals surface area contributed by atoms with Gasteiger partial charge in [0.15, 0.2) is 16.3 Å². The summed E-state index contributed by atoms with van der Waals surface area (Å²) < 4.78 is 42.2. The van der Waals surface area contributed by atoms with Gasteiger partial charge in [-0.3, -0.25) is 14.2 Å². The number of aromatic nitrogens is 5. The zero-order valence-corrected chi connectivity index (χ0v) is 17.5. The number of nitrogens with zero attached hydrogens (tertiary/aromatic N) is 5. The van der Waals surface area contributed by atoms with E-state index in [0.29, 0.717) is 0 Å². The van der Waals surface area contributed by atoms with Gasteiger partial charge in [0.1, 0.15) is 6.54 Å². The number of thiazole rings is 1. The number of carbonyl (C=O) groups is 1. The quantitative estimate of drug-likeness (QED) is 0.499. The van der Waals surface area contributed by atoms with Crippen molar-refractivity contribution >= 4 is 33.5 Å². The number of imidazole rings is 1. The van der Waals surface area contributed by atoms with Crippen molar-refractivity contribution in [2.24, 2.45) is 14.1 Å². The fraction of sp³-hybridized carbons (Fsp3) is 0.211. The van der Waals surface area contributed by atoms with Gasteiger partial charge >= 0.3 is 11.9 Å². The number of rotatable bonds is 4. The molecule has 0 aliphatic rings. The lowest BCUT2D eigenvalue weighted by molar-refractivity contribution is -0.137. The van der Waals surface area contributed by atoms with Gasteiger partial charge < -0.3 is 9.88 Å². The fourth-order valence-corrected chi connectivity index (χ4v) is 3.89. The lowest BCUT2D eigenvalue weighted by Gasteiger charge is -2.08. The van der Waals surface area contributed by atoms with Gasteiger partial charge in [0.05, 0.1) is 17.6 Å². The fourth-order valence-electron chi connectivity index (χ4n) is 3.16. The predicted octanol–water partition coefficient (Wildman–Crippen LogP) is 2.21. The number of benzene rings is 1. The molecule has 0 spiro atoms.